The summed E-state index contributed by atoms with van der Waals surface area (Å²) < 4.78 is 0. The third kappa shape index (κ3) is 11.3. The van der Waals surface area contributed by atoms with Gasteiger partial charge in [0.15, 0.2) is 0 Å². The lowest BCUT2D eigenvalue weighted by molar-refractivity contribution is -0.313. The van der Waals surface area contributed by atoms with Gasteiger partial charge in [-0.25, -0.2) is 4.98 Å². The average molecular weight is 687 g/mol. The van der Waals surface area contributed by atoms with Crippen molar-refractivity contribution in [1.82, 2.24) is 25.1 Å². The fourth-order valence-corrected chi connectivity index (χ4v) is 9.67. The maximum Gasteiger partial charge on any atom is 0.228 e. The average Bonchev–Trinajstić information content (AvgIpc) is 3.30. The van der Waals surface area contributed by atoms with Gasteiger partial charge in [0.25, 0.3) is 0 Å². The Morgan fingerprint density at radius 3 is 1.49 bits per heavy atom. The first-order chi connectivity index (χ1) is 23.0. The van der Waals surface area contributed by atoms with Crippen molar-refractivity contribution in [3.8, 4) is 0 Å². The summed E-state index contributed by atoms with van der Waals surface area (Å²) in [5.41, 5.74) is 0.271. The number of aryl methyl sites for hydroxylation is 2. The molecule has 4 fully saturated rings. The van der Waals surface area contributed by atoms with Crippen LogP contribution >= 0.6 is 0 Å². The zero-order valence-electron chi connectivity index (χ0n) is 34.6. The van der Waals surface area contributed by atoms with Crippen LogP contribution in [0.1, 0.15) is 191 Å². The second-order valence-electron chi connectivity index (χ2n) is 17.9. The molecule has 2 unspecified atom stereocenters. The van der Waals surface area contributed by atoms with E-state index in [-0.39, 0.29) is 22.2 Å². The van der Waals surface area contributed by atoms with Crippen molar-refractivity contribution in [3.05, 3.63) is 11.6 Å². The highest BCUT2D eigenvalue weighted by molar-refractivity contribution is 5.31. The van der Waals surface area contributed by atoms with Gasteiger partial charge in [0.05, 0.1) is 12.2 Å². The van der Waals surface area contributed by atoms with Crippen LogP contribution < -0.4 is 4.90 Å². The summed E-state index contributed by atoms with van der Waals surface area (Å²) in [4.78, 5) is 29.1. The van der Waals surface area contributed by atoms with Gasteiger partial charge in [-0.1, -0.05) is 72.6 Å². The first-order valence-electron chi connectivity index (χ1n) is 20.3. The van der Waals surface area contributed by atoms with Gasteiger partial charge in [-0.05, 0) is 126 Å². The van der Waals surface area contributed by atoms with Gasteiger partial charge in [-0.3, -0.25) is 9.68 Å². The summed E-state index contributed by atoms with van der Waals surface area (Å²) in [5.74, 6) is 3.14. The van der Waals surface area contributed by atoms with Crippen LogP contribution in [0.25, 0.3) is 0 Å². The van der Waals surface area contributed by atoms with E-state index in [1.165, 1.54) is 83.5 Å². The zero-order valence-corrected chi connectivity index (χ0v) is 34.6. The number of hydrogen-bond acceptors (Lipinski definition) is 8. The summed E-state index contributed by atoms with van der Waals surface area (Å²) >= 11 is 0. The Balaban J connectivity index is 0.000000278. The molecule has 2 saturated heterocycles. The van der Waals surface area contributed by atoms with Crippen molar-refractivity contribution in [2.45, 2.75) is 233 Å². The van der Waals surface area contributed by atoms with Gasteiger partial charge in [0.1, 0.15) is 11.6 Å². The molecule has 284 valence electrons. The first-order valence-corrected chi connectivity index (χ1v) is 20.3. The molecule has 8 heteroatoms. The van der Waals surface area contributed by atoms with Crippen LogP contribution in [0.4, 0.5) is 5.95 Å². The van der Waals surface area contributed by atoms with Crippen LogP contribution in [-0.2, 0) is 9.68 Å². The number of nitrogens with zero attached hydrogens (tertiary/aromatic N) is 6. The van der Waals surface area contributed by atoms with Crippen LogP contribution in [0.2, 0.25) is 0 Å². The van der Waals surface area contributed by atoms with Crippen LogP contribution in [0.3, 0.4) is 0 Å². The van der Waals surface area contributed by atoms with Gasteiger partial charge in [0.2, 0.25) is 5.95 Å². The highest BCUT2D eigenvalue weighted by Crippen LogP contribution is 2.44. The number of rotatable bonds is 7. The molecule has 0 N–H and O–H groups in total. The van der Waals surface area contributed by atoms with Crippen molar-refractivity contribution in [2.75, 3.05) is 11.9 Å². The Hall–Kier alpha value is -1.35. The smallest absolute Gasteiger partial charge is 0.228 e. The van der Waals surface area contributed by atoms with Crippen molar-refractivity contribution < 1.29 is 9.68 Å². The van der Waals surface area contributed by atoms with E-state index in [0.717, 1.165) is 42.8 Å². The summed E-state index contributed by atoms with van der Waals surface area (Å²) in [7, 11) is 2.13. The molecule has 1 aromatic heterocycles. The molecule has 0 spiro atoms. The highest BCUT2D eigenvalue weighted by atomic mass is 16.7. The molecular weight excluding hydrogens is 608 g/mol. The Labute approximate surface area is 302 Å². The maximum atomic E-state index is 6.78. The quantitative estimate of drug-likeness (QED) is 0.263. The number of aromatic nitrogens is 3. The molecule has 2 aliphatic carbocycles. The Morgan fingerprint density at radius 2 is 1.04 bits per heavy atom. The lowest BCUT2D eigenvalue weighted by Crippen LogP contribution is -2.65. The molecule has 4 aliphatic rings. The van der Waals surface area contributed by atoms with Crippen molar-refractivity contribution in [1.29, 1.82) is 0 Å². The minimum Gasteiger partial charge on any atom is -0.341 e. The molecule has 0 amide bonds. The van der Waals surface area contributed by atoms with Gasteiger partial charge >= 0.3 is 0 Å². The van der Waals surface area contributed by atoms with Crippen LogP contribution in [-0.4, -0.2) is 72.5 Å². The Bertz CT molecular complexity index is 1090. The lowest BCUT2D eigenvalue weighted by Gasteiger charge is -2.57. The van der Waals surface area contributed by atoms with Gasteiger partial charge in [0, 0.05) is 35.2 Å². The molecular formula is C41H78N6O2. The summed E-state index contributed by atoms with van der Waals surface area (Å²) in [5, 5.41) is 4.72. The van der Waals surface area contributed by atoms with Crippen LogP contribution in [0.5, 0.6) is 0 Å². The fraction of sp³-hybridized carbons (Fsp3) is 0.927. The van der Waals surface area contributed by atoms with Crippen LogP contribution in [0, 0.1) is 19.8 Å². The molecule has 0 radical (unpaired) electrons. The number of anilines is 1. The van der Waals surface area contributed by atoms with E-state index in [9.17, 15) is 0 Å². The van der Waals surface area contributed by atoms with E-state index in [1.807, 2.05) is 27.7 Å². The van der Waals surface area contributed by atoms with E-state index in [0.29, 0.717) is 18.2 Å². The van der Waals surface area contributed by atoms with Gasteiger partial charge in [-0.15, -0.1) is 0 Å². The van der Waals surface area contributed by atoms with Gasteiger partial charge in [-0.2, -0.15) is 20.1 Å². The predicted molar refractivity (Wildman–Crippen MR) is 206 cm³/mol. The maximum absolute atomic E-state index is 6.78. The number of hydroxylamine groups is 4. The van der Waals surface area contributed by atoms with Gasteiger partial charge < -0.3 is 4.90 Å². The predicted octanol–water partition coefficient (Wildman–Crippen LogP) is 10.6. The number of hydrogen-bond donors (Lipinski definition) is 0. The number of piperidine rings is 2. The third-order valence-corrected chi connectivity index (χ3v) is 11.6. The summed E-state index contributed by atoms with van der Waals surface area (Å²) in [6, 6.07) is 0.366. The first kappa shape index (κ1) is 42.1. The zero-order chi connectivity index (χ0) is 36.6. The van der Waals surface area contributed by atoms with E-state index < -0.39 is 0 Å². The SMILES string of the molecule is CC.CC1CC(C)(C)N(OC2CCCCC2)C(C)(C)C1.CCC1(C)CC(N(C)c2nc(C)nc(C)n2)CC(C)(C)N1OC1CCCCCC1. The molecule has 3 heterocycles. The minimum absolute atomic E-state index is 0.00982. The van der Waals surface area contributed by atoms with Crippen molar-refractivity contribution in [3.63, 3.8) is 0 Å². The fourth-order valence-electron chi connectivity index (χ4n) is 9.67. The topological polar surface area (TPSA) is 66.9 Å². The standard InChI is InChI=1S/C23H41N5O.C16H31NO.C2H6/c1-8-23(6)16-19(27(7)21-25-17(2)24-18(3)26-21)15-22(4,5)28(23)29-20-13-11-9-10-12-14-20;1-13-11-15(2,3)17(16(4,5)12-13)18-14-9-7-6-8-10-14;1-2/h19-20H,8-16H2,1-7H3;13-14H,6-12H2,1-5H3;1-2H3. The molecule has 2 atom stereocenters. The van der Waals surface area contributed by atoms with Crippen LogP contribution in [0.15, 0.2) is 0 Å². The van der Waals surface area contributed by atoms with E-state index in [1.54, 1.807) is 0 Å². The molecule has 1 aromatic rings. The molecule has 2 saturated carbocycles. The summed E-state index contributed by atoms with van der Waals surface area (Å²) in [6.07, 6.45) is 20.7. The molecule has 5 rings (SSSR count). The lowest BCUT2D eigenvalue weighted by atomic mass is 9.76. The Kier molecular flexibility index (Phi) is 15.4. The largest absolute Gasteiger partial charge is 0.341 e. The molecule has 0 bridgehead atoms. The van der Waals surface area contributed by atoms with E-state index in [2.05, 4.69) is 99.3 Å². The summed E-state index contributed by atoms with van der Waals surface area (Å²) in [6.45, 7) is 28.9. The normalized spacial score (nSPS) is 28.4. The highest BCUT2D eigenvalue weighted by Gasteiger charge is 2.50. The van der Waals surface area contributed by atoms with Crippen molar-refractivity contribution >= 4 is 5.95 Å². The third-order valence-electron chi connectivity index (χ3n) is 11.6. The molecule has 8 nitrogen and oxygen atoms in total. The molecule has 2 aliphatic heterocycles. The Morgan fingerprint density at radius 1 is 0.633 bits per heavy atom. The monoisotopic (exact) mass is 687 g/mol. The molecule has 0 aromatic carbocycles. The second kappa shape index (κ2) is 17.9. The van der Waals surface area contributed by atoms with E-state index >= 15 is 0 Å². The van der Waals surface area contributed by atoms with Crippen molar-refractivity contribution in [2.24, 2.45) is 5.92 Å². The van der Waals surface area contributed by atoms with E-state index in [4.69, 9.17) is 9.68 Å². The minimum atomic E-state index is -0.0502. The molecule has 49 heavy (non-hydrogen) atoms. The second-order valence-corrected chi connectivity index (χ2v) is 17.9.